The van der Waals surface area contributed by atoms with Crippen LogP contribution in [0.5, 0.6) is 0 Å². The molecular formula is C8H7F2NO2. The van der Waals surface area contributed by atoms with Crippen molar-refractivity contribution >= 4 is 5.97 Å². The minimum absolute atomic E-state index is 0.292. The Balaban J connectivity index is 3.19. The van der Waals surface area contributed by atoms with E-state index in [1.165, 1.54) is 19.1 Å². The standard InChI is InChI=1S/C8H7F2NO2/c1-4-2-3-5(8(12)13)11-6(4)7(9)10/h2-3,7H,1H3,(H,12,13). The van der Waals surface area contributed by atoms with E-state index in [0.717, 1.165) is 0 Å². The molecule has 1 aromatic rings. The topological polar surface area (TPSA) is 50.2 Å². The number of halogens is 2. The maximum atomic E-state index is 12.2. The number of carbonyl (C=O) groups is 1. The first kappa shape index (κ1) is 9.57. The quantitative estimate of drug-likeness (QED) is 0.770. The molecular weight excluding hydrogens is 180 g/mol. The van der Waals surface area contributed by atoms with Gasteiger partial charge in [-0.15, -0.1) is 0 Å². The number of aromatic nitrogens is 1. The highest BCUT2D eigenvalue weighted by molar-refractivity contribution is 5.85. The lowest BCUT2D eigenvalue weighted by atomic mass is 10.2. The molecule has 0 bridgehead atoms. The molecule has 0 aliphatic rings. The number of aryl methyl sites for hydroxylation is 1. The van der Waals surface area contributed by atoms with Gasteiger partial charge in [0.1, 0.15) is 11.4 Å². The molecule has 0 amide bonds. The second kappa shape index (κ2) is 3.47. The molecule has 70 valence electrons. The van der Waals surface area contributed by atoms with E-state index >= 15 is 0 Å². The van der Waals surface area contributed by atoms with E-state index in [4.69, 9.17) is 5.11 Å². The Morgan fingerprint density at radius 2 is 2.15 bits per heavy atom. The number of carboxylic acid groups (broad SMARTS) is 1. The van der Waals surface area contributed by atoms with Crippen LogP contribution in [0.4, 0.5) is 8.78 Å². The third-order valence-corrected chi connectivity index (χ3v) is 1.56. The SMILES string of the molecule is Cc1ccc(C(=O)O)nc1C(F)F. The van der Waals surface area contributed by atoms with Gasteiger partial charge in [-0.05, 0) is 18.6 Å². The molecule has 1 N–H and O–H groups in total. The smallest absolute Gasteiger partial charge is 0.354 e. The molecule has 0 saturated heterocycles. The summed E-state index contributed by atoms with van der Waals surface area (Å²) in [5.74, 6) is -1.30. The number of nitrogens with zero attached hydrogens (tertiary/aromatic N) is 1. The summed E-state index contributed by atoms with van der Waals surface area (Å²) < 4.78 is 24.4. The van der Waals surface area contributed by atoms with Gasteiger partial charge in [-0.25, -0.2) is 18.6 Å². The van der Waals surface area contributed by atoms with Crippen LogP contribution < -0.4 is 0 Å². The highest BCUT2D eigenvalue weighted by Crippen LogP contribution is 2.20. The molecule has 0 aromatic carbocycles. The molecule has 0 spiro atoms. The van der Waals surface area contributed by atoms with Crippen molar-refractivity contribution in [3.63, 3.8) is 0 Å². The van der Waals surface area contributed by atoms with Crippen molar-refractivity contribution in [2.45, 2.75) is 13.3 Å². The minimum Gasteiger partial charge on any atom is -0.477 e. The fourth-order valence-corrected chi connectivity index (χ4v) is 0.885. The summed E-state index contributed by atoms with van der Waals surface area (Å²) in [4.78, 5) is 13.7. The maximum absolute atomic E-state index is 12.2. The Bertz CT molecular complexity index is 339. The van der Waals surface area contributed by atoms with Crippen LogP contribution in [-0.2, 0) is 0 Å². The Kier molecular flexibility index (Phi) is 2.55. The molecule has 5 heteroatoms. The van der Waals surface area contributed by atoms with Gasteiger partial charge < -0.3 is 5.11 Å². The number of alkyl halides is 2. The molecule has 1 heterocycles. The summed E-state index contributed by atoms with van der Waals surface area (Å²) in [5, 5.41) is 8.47. The van der Waals surface area contributed by atoms with Crippen LogP contribution in [0.3, 0.4) is 0 Å². The molecule has 0 radical (unpaired) electrons. The second-order valence-electron chi connectivity index (χ2n) is 2.50. The zero-order chi connectivity index (χ0) is 10.0. The fourth-order valence-electron chi connectivity index (χ4n) is 0.885. The molecule has 0 fully saturated rings. The summed E-state index contributed by atoms with van der Waals surface area (Å²) in [6, 6.07) is 2.52. The Labute approximate surface area is 73.0 Å². The summed E-state index contributed by atoms with van der Waals surface area (Å²) in [7, 11) is 0. The third-order valence-electron chi connectivity index (χ3n) is 1.56. The molecule has 0 aliphatic heterocycles. The van der Waals surface area contributed by atoms with Crippen LogP contribution in [0.2, 0.25) is 0 Å². The largest absolute Gasteiger partial charge is 0.477 e. The molecule has 13 heavy (non-hydrogen) atoms. The van der Waals surface area contributed by atoms with Crippen LogP contribution in [0.15, 0.2) is 12.1 Å². The monoisotopic (exact) mass is 187 g/mol. The highest BCUT2D eigenvalue weighted by atomic mass is 19.3. The van der Waals surface area contributed by atoms with Gasteiger partial charge in [0.15, 0.2) is 0 Å². The lowest BCUT2D eigenvalue weighted by Crippen LogP contribution is -2.04. The van der Waals surface area contributed by atoms with Gasteiger partial charge in [0.2, 0.25) is 0 Å². The van der Waals surface area contributed by atoms with Gasteiger partial charge in [-0.2, -0.15) is 0 Å². The van der Waals surface area contributed by atoms with Crippen LogP contribution >= 0.6 is 0 Å². The van der Waals surface area contributed by atoms with Gasteiger partial charge >= 0.3 is 5.97 Å². The van der Waals surface area contributed by atoms with Crippen molar-refractivity contribution in [3.8, 4) is 0 Å². The van der Waals surface area contributed by atoms with Crippen molar-refractivity contribution in [1.29, 1.82) is 0 Å². The molecule has 1 rings (SSSR count). The first-order valence-corrected chi connectivity index (χ1v) is 3.51. The fraction of sp³-hybridized carbons (Fsp3) is 0.250. The zero-order valence-electron chi connectivity index (χ0n) is 6.79. The summed E-state index contributed by atoms with van der Waals surface area (Å²) in [5.41, 5.74) is -0.541. The minimum atomic E-state index is -2.74. The Morgan fingerprint density at radius 1 is 1.54 bits per heavy atom. The number of pyridine rings is 1. The van der Waals surface area contributed by atoms with E-state index in [9.17, 15) is 13.6 Å². The Hall–Kier alpha value is -1.52. The van der Waals surface area contributed by atoms with Crippen molar-refractivity contribution in [1.82, 2.24) is 4.98 Å². The molecule has 0 saturated carbocycles. The van der Waals surface area contributed by atoms with Gasteiger partial charge in [-0.1, -0.05) is 6.07 Å². The number of hydrogen-bond donors (Lipinski definition) is 1. The molecule has 0 aliphatic carbocycles. The van der Waals surface area contributed by atoms with Crippen molar-refractivity contribution in [2.24, 2.45) is 0 Å². The van der Waals surface area contributed by atoms with E-state index in [1.807, 2.05) is 0 Å². The van der Waals surface area contributed by atoms with Crippen LogP contribution in [0.25, 0.3) is 0 Å². The summed E-state index contributed by atoms with van der Waals surface area (Å²) in [6.45, 7) is 1.46. The van der Waals surface area contributed by atoms with Gasteiger partial charge in [-0.3, -0.25) is 0 Å². The lowest BCUT2D eigenvalue weighted by molar-refractivity contribution is 0.0688. The van der Waals surface area contributed by atoms with Gasteiger partial charge in [0.05, 0.1) is 0 Å². The summed E-state index contributed by atoms with van der Waals surface area (Å²) in [6.07, 6.45) is -2.74. The van der Waals surface area contributed by atoms with Crippen LogP contribution in [0, 0.1) is 6.92 Å². The molecule has 0 atom stereocenters. The predicted octanol–water partition coefficient (Wildman–Crippen LogP) is 2.03. The number of aromatic carboxylic acids is 1. The normalized spacial score (nSPS) is 10.5. The van der Waals surface area contributed by atoms with Crippen molar-refractivity contribution in [2.75, 3.05) is 0 Å². The molecule has 1 aromatic heterocycles. The maximum Gasteiger partial charge on any atom is 0.354 e. The first-order valence-electron chi connectivity index (χ1n) is 3.51. The average molecular weight is 187 g/mol. The van der Waals surface area contributed by atoms with Crippen molar-refractivity contribution < 1.29 is 18.7 Å². The van der Waals surface area contributed by atoms with Crippen LogP contribution in [0.1, 0.15) is 28.2 Å². The van der Waals surface area contributed by atoms with Gasteiger partial charge in [0, 0.05) is 0 Å². The van der Waals surface area contributed by atoms with E-state index in [1.54, 1.807) is 0 Å². The van der Waals surface area contributed by atoms with E-state index in [0.29, 0.717) is 5.56 Å². The summed E-state index contributed by atoms with van der Waals surface area (Å²) >= 11 is 0. The van der Waals surface area contributed by atoms with Gasteiger partial charge in [0.25, 0.3) is 6.43 Å². The van der Waals surface area contributed by atoms with Crippen LogP contribution in [-0.4, -0.2) is 16.1 Å². The number of hydrogen-bond acceptors (Lipinski definition) is 2. The number of carboxylic acids is 1. The van der Waals surface area contributed by atoms with E-state index in [2.05, 4.69) is 4.98 Å². The highest BCUT2D eigenvalue weighted by Gasteiger charge is 2.15. The Morgan fingerprint density at radius 3 is 2.62 bits per heavy atom. The number of rotatable bonds is 2. The second-order valence-corrected chi connectivity index (χ2v) is 2.50. The molecule has 0 unspecified atom stereocenters. The predicted molar refractivity (Wildman–Crippen MR) is 40.9 cm³/mol. The zero-order valence-corrected chi connectivity index (χ0v) is 6.79. The van der Waals surface area contributed by atoms with E-state index in [-0.39, 0.29) is 5.69 Å². The lowest BCUT2D eigenvalue weighted by Gasteiger charge is -2.03. The molecule has 3 nitrogen and oxygen atoms in total. The third kappa shape index (κ3) is 1.99. The van der Waals surface area contributed by atoms with Crippen molar-refractivity contribution in [3.05, 3.63) is 29.1 Å². The van der Waals surface area contributed by atoms with E-state index < -0.39 is 18.1 Å². The first-order chi connectivity index (χ1) is 6.02. The average Bonchev–Trinajstić information content (AvgIpc) is 2.04.